The van der Waals surface area contributed by atoms with Gasteiger partial charge in [-0.1, -0.05) is 30.3 Å². The zero-order valence-corrected chi connectivity index (χ0v) is 16.5. The first-order chi connectivity index (χ1) is 14.2. The van der Waals surface area contributed by atoms with Crippen molar-refractivity contribution in [1.29, 1.82) is 0 Å². The second-order valence-corrected chi connectivity index (χ2v) is 7.66. The summed E-state index contributed by atoms with van der Waals surface area (Å²) in [7, 11) is 0. The molecular formula is C23H24N6. The number of aryl methyl sites for hydroxylation is 1. The largest absolute Gasteiger partial charge is 0.368 e. The number of nitrogens with one attached hydrogen (secondary N) is 1. The van der Waals surface area contributed by atoms with E-state index in [1.165, 1.54) is 17.6 Å². The van der Waals surface area contributed by atoms with Crippen LogP contribution >= 0.6 is 0 Å². The maximum absolute atomic E-state index is 5.12. The van der Waals surface area contributed by atoms with Gasteiger partial charge in [0.15, 0.2) is 5.82 Å². The molecule has 6 heteroatoms. The number of hydrogen-bond donors (Lipinski definition) is 1. The van der Waals surface area contributed by atoms with Crippen molar-refractivity contribution in [1.82, 2.24) is 15.0 Å². The fourth-order valence-corrected chi connectivity index (χ4v) is 4.29. The standard InChI is InChI=1S/C23H24N6/c1-16-4-3-5-18(14-16)20-6-7-21-23(27-20)29(19-9-12-28(21)13-10-19)17(2)26-22-8-11-24-15-25-22/h3-8,11,14-15,19H,2,9-10,12-13H2,1H3,(H,24,25,26). The minimum Gasteiger partial charge on any atom is -0.368 e. The number of hydrogen-bond acceptors (Lipinski definition) is 6. The second-order valence-electron chi connectivity index (χ2n) is 7.66. The minimum atomic E-state index is 0.370. The van der Waals surface area contributed by atoms with Gasteiger partial charge >= 0.3 is 0 Å². The van der Waals surface area contributed by atoms with Crippen LogP contribution in [0.5, 0.6) is 0 Å². The Hall–Kier alpha value is -3.41. The van der Waals surface area contributed by atoms with Gasteiger partial charge in [0.2, 0.25) is 0 Å². The van der Waals surface area contributed by atoms with Crippen molar-refractivity contribution in [3.8, 4) is 11.3 Å². The van der Waals surface area contributed by atoms with Gasteiger partial charge in [-0.15, -0.1) is 0 Å². The van der Waals surface area contributed by atoms with Crippen molar-refractivity contribution in [3.63, 3.8) is 0 Å². The lowest BCUT2D eigenvalue weighted by Gasteiger charge is -2.34. The van der Waals surface area contributed by atoms with Crippen LogP contribution in [0.3, 0.4) is 0 Å². The van der Waals surface area contributed by atoms with Crippen molar-refractivity contribution in [2.45, 2.75) is 25.8 Å². The predicted octanol–water partition coefficient (Wildman–Crippen LogP) is 4.22. The maximum Gasteiger partial charge on any atom is 0.158 e. The van der Waals surface area contributed by atoms with Crippen molar-refractivity contribution in [2.75, 3.05) is 28.2 Å². The van der Waals surface area contributed by atoms with E-state index in [9.17, 15) is 0 Å². The first-order valence-corrected chi connectivity index (χ1v) is 10.0. The van der Waals surface area contributed by atoms with E-state index in [0.29, 0.717) is 6.04 Å². The molecule has 146 valence electrons. The first kappa shape index (κ1) is 17.7. The summed E-state index contributed by atoms with van der Waals surface area (Å²) >= 11 is 0. The quantitative estimate of drug-likeness (QED) is 0.727. The van der Waals surface area contributed by atoms with Crippen LogP contribution in [-0.4, -0.2) is 34.1 Å². The lowest BCUT2D eigenvalue weighted by atomic mass is 10.1. The van der Waals surface area contributed by atoms with E-state index in [4.69, 9.17) is 4.98 Å². The lowest BCUT2D eigenvalue weighted by Crippen LogP contribution is -2.41. The number of rotatable bonds is 4. The third-order valence-corrected chi connectivity index (χ3v) is 5.71. The topological polar surface area (TPSA) is 57.2 Å². The number of piperidine rings is 1. The van der Waals surface area contributed by atoms with Gasteiger partial charge in [-0.25, -0.2) is 15.0 Å². The summed E-state index contributed by atoms with van der Waals surface area (Å²) in [6, 6.07) is 15.0. The van der Waals surface area contributed by atoms with E-state index in [1.807, 2.05) is 6.07 Å². The average Bonchev–Trinajstić information content (AvgIpc) is 3.00. The van der Waals surface area contributed by atoms with Gasteiger partial charge < -0.3 is 15.1 Å². The van der Waals surface area contributed by atoms with Crippen LogP contribution < -0.4 is 15.1 Å². The Bertz CT molecular complexity index is 1040. The van der Waals surface area contributed by atoms with Crippen LogP contribution in [0.25, 0.3) is 11.3 Å². The Morgan fingerprint density at radius 1 is 1.14 bits per heavy atom. The fourth-order valence-electron chi connectivity index (χ4n) is 4.29. The van der Waals surface area contributed by atoms with Crippen LogP contribution in [0.1, 0.15) is 18.4 Å². The number of nitrogens with zero attached hydrogens (tertiary/aromatic N) is 5. The van der Waals surface area contributed by atoms with Gasteiger partial charge in [0.05, 0.1) is 11.4 Å². The molecule has 3 aromatic rings. The molecule has 6 nitrogen and oxygen atoms in total. The average molecular weight is 384 g/mol. The normalized spacial score (nSPS) is 15.8. The van der Waals surface area contributed by atoms with Crippen molar-refractivity contribution in [3.05, 3.63) is 73.0 Å². The molecule has 29 heavy (non-hydrogen) atoms. The van der Waals surface area contributed by atoms with E-state index in [-0.39, 0.29) is 0 Å². The Morgan fingerprint density at radius 2 is 2.00 bits per heavy atom. The zero-order valence-electron chi connectivity index (χ0n) is 16.5. The number of fused-ring (bicyclic) bond motifs is 2. The molecule has 1 fully saturated rings. The molecule has 2 aromatic heterocycles. The van der Waals surface area contributed by atoms with Crippen LogP contribution in [0, 0.1) is 6.92 Å². The summed E-state index contributed by atoms with van der Waals surface area (Å²) < 4.78 is 0. The second kappa shape index (κ2) is 7.20. The molecule has 3 aliphatic rings. The zero-order chi connectivity index (χ0) is 19.8. The Morgan fingerprint density at radius 3 is 2.76 bits per heavy atom. The van der Waals surface area contributed by atoms with Crippen molar-refractivity contribution >= 4 is 17.3 Å². The number of pyridine rings is 1. The number of benzene rings is 1. The van der Waals surface area contributed by atoms with Gasteiger partial charge in [0.1, 0.15) is 18.0 Å². The van der Waals surface area contributed by atoms with E-state index in [2.05, 4.69) is 75.0 Å². The number of aromatic nitrogens is 3. The van der Waals surface area contributed by atoms with E-state index in [0.717, 1.165) is 54.6 Å². The molecule has 1 saturated heterocycles. The molecule has 6 rings (SSSR count). The summed E-state index contributed by atoms with van der Waals surface area (Å²) in [5.74, 6) is 2.50. The molecule has 0 saturated carbocycles. The Balaban J connectivity index is 1.57. The summed E-state index contributed by atoms with van der Waals surface area (Å²) in [6.45, 7) is 8.54. The molecule has 0 atom stereocenters. The van der Waals surface area contributed by atoms with Crippen LogP contribution in [0.2, 0.25) is 0 Å². The maximum atomic E-state index is 5.12. The van der Waals surface area contributed by atoms with Crippen LogP contribution in [0.4, 0.5) is 17.3 Å². The third-order valence-electron chi connectivity index (χ3n) is 5.71. The summed E-state index contributed by atoms with van der Waals surface area (Å²) in [6.07, 6.45) is 5.43. The van der Waals surface area contributed by atoms with E-state index in [1.54, 1.807) is 6.20 Å². The van der Waals surface area contributed by atoms with Gasteiger partial charge in [-0.2, -0.15) is 0 Å². The molecule has 1 aromatic carbocycles. The molecule has 3 aliphatic heterocycles. The highest BCUT2D eigenvalue weighted by molar-refractivity contribution is 5.76. The summed E-state index contributed by atoms with van der Waals surface area (Å²) in [5, 5.41) is 3.35. The summed E-state index contributed by atoms with van der Waals surface area (Å²) in [4.78, 5) is 18.1. The predicted molar refractivity (Wildman–Crippen MR) is 117 cm³/mol. The van der Waals surface area contributed by atoms with Gasteiger partial charge in [0, 0.05) is 30.9 Å². The minimum absolute atomic E-state index is 0.370. The molecule has 0 unspecified atom stereocenters. The highest BCUT2D eigenvalue weighted by Gasteiger charge is 2.35. The van der Waals surface area contributed by atoms with E-state index < -0.39 is 0 Å². The lowest BCUT2D eigenvalue weighted by molar-refractivity contribution is 0.500. The molecule has 0 amide bonds. The fraction of sp³-hybridized carbons (Fsp3) is 0.261. The highest BCUT2D eigenvalue weighted by atomic mass is 15.4. The first-order valence-electron chi connectivity index (χ1n) is 10.0. The molecule has 5 heterocycles. The SMILES string of the molecule is C=C(Nc1ccncn1)N1c2nc(-c3cccc(C)c3)ccc2N2CCC1CC2. The Labute approximate surface area is 170 Å². The third kappa shape index (κ3) is 3.31. The monoisotopic (exact) mass is 384 g/mol. The van der Waals surface area contributed by atoms with Crippen LogP contribution in [0.15, 0.2) is 67.4 Å². The van der Waals surface area contributed by atoms with Gasteiger partial charge in [0.25, 0.3) is 0 Å². The number of anilines is 3. The van der Waals surface area contributed by atoms with Crippen LogP contribution in [-0.2, 0) is 0 Å². The molecule has 0 spiro atoms. The van der Waals surface area contributed by atoms with Gasteiger partial charge in [-0.3, -0.25) is 0 Å². The Kier molecular flexibility index (Phi) is 4.39. The highest BCUT2D eigenvalue weighted by Crippen LogP contribution is 2.40. The molecular weight excluding hydrogens is 360 g/mol. The summed E-state index contributed by atoms with van der Waals surface area (Å²) in [5.41, 5.74) is 4.52. The smallest absolute Gasteiger partial charge is 0.158 e. The molecule has 2 bridgehead atoms. The van der Waals surface area contributed by atoms with Crippen molar-refractivity contribution in [2.24, 2.45) is 0 Å². The van der Waals surface area contributed by atoms with Crippen molar-refractivity contribution < 1.29 is 0 Å². The van der Waals surface area contributed by atoms with Gasteiger partial charge in [-0.05, 0) is 44.0 Å². The van der Waals surface area contributed by atoms with E-state index >= 15 is 0 Å². The molecule has 1 N–H and O–H groups in total. The molecule has 0 radical (unpaired) electrons. The molecule has 0 aliphatic carbocycles.